The summed E-state index contributed by atoms with van der Waals surface area (Å²) in [5, 5.41) is 33.3. The van der Waals surface area contributed by atoms with Gasteiger partial charge in [0.2, 0.25) is 11.7 Å². The number of aliphatic hydroxyl groups excluding tert-OH is 3. The van der Waals surface area contributed by atoms with E-state index in [2.05, 4.69) is 22.0 Å². The molecule has 0 aliphatic carbocycles. The zero-order valence-corrected chi connectivity index (χ0v) is 16.8. The first-order valence-electron chi connectivity index (χ1n) is 10.3. The first-order valence-corrected chi connectivity index (χ1v) is 10.3. The van der Waals surface area contributed by atoms with Crippen LogP contribution < -0.4 is 5.73 Å². The predicted octanol–water partition coefficient (Wildman–Crippen LogP) is 1.42. The van der Waals surface area contributed by atoms with Crippen molar-refractivity contribution in [3.8, 4) is 11.5 Å². The van der Waals surface area contributed by atoms with Crippen LogP contribution >= 0.6 is 0 Å². The first-order chi connectivity index (χ1) is 14.1. The third-order valence-electron chi connectivity index (χ3n) is 5.30. The number of nitrogen functional groups attached to an aromatic ring is 1. The standard InChI is InChI=1S/C19H31N5O5/c1-2-3-4-5-6-7-8-9-13-22-18(23-29-13)14-17(20)24(11-21-14)19-16(27)15(26)12(10-25)28-19/h11-12,15-16,19,25-27H,2-10,20H2,1H3/t12-,15-,16-,19-/m1/s1. The molecule has 3 heterocycles. The molecule has 0 saturated carbocycles. The van der Waals surface area contributed by atoms with E-state index in [0.29, 0.717) is 18.0 Å². The molecule has 0 aromatic carbocycles. The maximum atomic E-state index is 10.2. The Hall–Kier alpha value is -2.01. The fraction of sp³-hybridized carbons (Fsp3) is 0.737. The molecule has 3 rings (SSSR count). The Morgan fingerprint density at radius 2 is 1.83 bits per heavy atom. The average molecular weight is 409 g/mol. The third-order valence-corrected chi connectivity index (χ3v) is 5.30. The SMILES string of the molecule is CCCCCCCCCc1nc(-c2ncn([C@@H]3O[C@H](CO)[C@@H](O)[C@H]3O)c2N)no1. The quantitative estimate of drug-likeness (QED) is 0.404. The molecular formula is C19H31N5O5. The van der Waals surface area contributed by atoms with Crippen LogP contribution in [0.25, 0.3) is 11.5 Å². The molecule has 1 saturated heterocycles. The molecule has 1 aliphatic heterocycles. The number of aryl methyl sites for hydroxylation is 1. The minimum absolute atomic E-state index is 0.183. The van der Waals surface area contributed by atoms with E-state index in [1.54, 1.807) is 0 Å². The Morgan fingerprint density at radius 3 is 2.52 bits per heavy atom. The lowest BCUT2D eigenvalue weighted by Gasteiger charge is -2.17. The fourth-order valence-corrected chi connectivity index (χ4v) is 3.54. The molecule has 0 radical (unpaired) electrons. The summed E-state index contributed by atoms with van der Waals surface area (Å²) < 4.78 is 12.2. The van der Waals surface area contributed by atoms with E-state index in [9.17, 15) is 15.3 Å². The van der Waals surface area contributed by atoms with Gasteiger partial charge < -0.3 is 30.3 Å². The molecule has 2 aromatic rings. The van der Waals surface area contributed by atoms with Crippen LogP contribution in [-0.4, -0.2) is 59.9 Å². The van der Waals surface area contributed by atoms with Crippen LogP contribution in [0, 0.1) is 0 Å². The zero-order chi connectivity index (χ0) is 20.8. The number of nitrogens with two attached hydrogens (primary N) is 1. The molecule has 0 bridgehead atoms. The van der Waals surface area contributed by atoms with Gasteiger partial charge in [-0.15, -0.1) is 0 Å². The minimum Gasteiger partial charge on any atom is -0.394 e. The summed E-state index contributed by atoms with van der Waals surface area (Å²) in [6.45, 7) is 1.80. The molecule has 162 valence electrons. The molecule has 5 N–H and O–H groups in total. The normalized spacial score (nSPS) is 24.4. The number of nitrogens with zero attached hydrogens (tertiary/aromatic N) is 4. The van der Waals surface area contributed by atoms with Crippen LogP contribution in [0.5, 0.6) is 0 Å². The lowest BCUT2D eigenvalue weighted by atomic mass is 10.1. The van der Waals surface area contributed by atoms with Crippen molar-refractivity contribution in [1.82, 2.24) is 19.7 Å². The highest BCUT2D eigenvalue weighted by Crippen LogP contribution is 2.33. The van der Waals surface area contributed by atoms with Gasteiger partial charge in [-0.2, -0.15) is 4.98 Å². The molecule has 29 heavy (non-hydrogen) atoms. The van der Waals surface area contributed by atoms with Crippen LogP contribution in [0.15, 0.2) is 10.9 Å². The van der Waals surface area contributed by atoms with Crippen molar-refractivity contribution in [2.45, 2.75) is 82.8 Å². The van der Waals surface area contributed by atoms with Crippen molar-refractivity contribution in [1.29, 1.82) is 0 Å². The second kappa shape index (κ2) is 10.1. The van der Waals surface area contributed by atoms with E-state index in [0.717, 1.165) is 12.8 Å². The van der Waals surface area contributed by atoms with Gasteiger partial charge in [0.15, 0.2) is 11.9 Å². The fourth-order valence-electron chi connectivity index (χ4n) is 3.54. The number of aliphatic hydroxyl groups is 3. The molecule has 0 unspecified atom stereocenters. The van der Waals surface area contributed by atoms with Crippen molar-refractivity contribution in [3.63, 3.8) is 0 Å². The zero-order valence-electron chi connectivity index (χ0n) is 16.8. The van der Waals surface area contributed by atoms with E-state index in [1.807, 2.05) is 0 Å². The number of rotatable bonds is 11. The summed E-state index contributed by atoms with van der Waals surface area (Å²) in [4.78, 5) is 8.58. The Kier molecular flexibility index (Phi) is 7.59. The van der Waals surface area contributed by atoms with E-state index in [1.165, 1.54) is 43.0 Å². The number of imidazole rings is 1. The maximum absolute atomic E-state index is 10.2. The molecule has 10 nitrogen and oxygen atoms in total. The summed E-state index contributed by atoms with van der Waals surface area (Å²) in [7, 11) is 0. The summed E-state index contributed by atoms with van der Waals surface area (Å²) >= 11 is 0. The highest BCUT2D eigenvalue weighted by atomic mass is 16.6. The molecule has 4 atom stereocenters. The lowest BCUT2D eigenvalue weighted by molar-refractivity contribution is -0.0517. The predicted molar refractivity (Wildman–Crippen MR) is 105 cm³/mol. The summed E-state index contributed by atoms with van der Waals surface area (Å²) in [6.07, 6.45) is 6.21. The highest BCUT2D eigenvalue weighted by molar-refractivity contribution is 5.64. The Balaban J connectivity index is 1.57. The van der Waals surface area contributed by atoms with Gasteiger partial charge in [0, 0.05) is 6.42 Å². The van der Waals surface area contributed by atoms with E-state index in [4.69, 9.17) is 15.0 Å². The van der Waals surface area contributed by atoms with Crippen molar-refractivity contribution >= 4 is 5.82 Å². The first kappa shape index (κ1) is 21.7. The monoisotopic (exact) mass is 409 g/mol. The van der Waals surface area contributed by atoms with Crippen LogP contribution in [0.4, 0.5) is 5.82 Å². The third kappa shape index (κ3) is 4.95. The molecule has 0 spiro atoms. The largest absolute Gasteiger partial charge is 0.394 e. The van der Waals surface area contributed by atoms with Crippen LogP contribution in [0.1, 0.15) is 64.0 Å². The number of hydrogen-bond donors (Lipinski definition) is 4. The molecular weight excluding hydrogens is 378 g/mol. The van der Waals surface area contributed by atoms with Crippen LogP contribution in [0.3, 0.4) is 0 Å². The molecule has 2 aromatic heterocycles. The number of unbranched alkanes of at least 4 members (excludes halogenated alkanes) is 6. The number of anilines is 1. The maximum Gasteiger partial charge on any atom is 0.227 e. The van der Waals surface area contributed by atoms with Gasteiger partial charge in [-0.3, -0.25) is 4.57 Å². The van der Waals surface area contributed by atoms with Gasteiger partial charge in [0.1, 0.15) is 24.1 Å². The van der Waals surface area contributed by atoms with Gasteiger partial charge in [-0.1, -0.05) is 50.6 Å². The molecule has 1 aliphatic rings. The van der Waals surface area contributed by atoms with Crippen molar-refractivity contribution in [3.05, 3.63) is 12.2 Å². The van der Waals surface area contributed by atoms with Gasteiger partial charge in [0.05, 0.1) is 12.9 Å². The number of aromatic nitrogens is 4. The van der Waals surface area contributed by atoms with Gasteiger partial charge in [0.25, 0.3) is 0 Å². The van der Waals surface area contributed by atoms with Crippen molar-refractivity contribution in [2.75, 3.05) is 12.3 Å². The van der Waals surface area contributed by atoms with Gasteiger partial charge >= 0.3 is 0 Å². The van der Waals surface area contributed by atoms with E-state index >= 15 is 0 Å². The van der Waals surface area contributed by atoms with Crippen LogP contribution in [-0.2, 0) is 11.2 Å². The molecule has 0 amide bonds. The van der Waals surface area contributed by atoms with Gasteiger partial charge in [-0.25, -0.2) is 4.98 Å². The highest BCUT2D eigenvalue weighted by Gasteiger charge is 2.44. The van der Waals surface area contributed by atoms with Gasteiger partial charge in [-0.05, 0) is 6.42 Å². The second-order valence-corrected chi connectivity index (χ2v) is 7.50. The van der Waals surface area contributed by atoms with E-state index in [-0.39, 0.29) is 11.6 Å². The second-order valence-electron chi connectivity index (χ2n) is 7.50. The van der Waals surface area contributed by atoms with Crippen molar-refractivity contribution < 1.29 is 24.6 Å². The smallest absolute Gasteiger partial charge is 0.227 e. The Bertz CT molecular complexity index is 764. The Labute approximate surface area is 169 Å². The lowest BCUT2D eigenvalue weighted by Crippen LogP contribution is -2.33. The van der Waals surface area contributed by atoms with E-state index < -0.39 is 31.1 Å². The van der Waals surface area contributed by atoms with Crippen molar-refractivity contribution in [2.24, 2.45) is 0 Å². The van der Waals surface area contributed by atoms with Crippen LogP contribution in [0.2, 0.25) is 0 Å². The minimum atomic E-state index is -1.24. The topological polar surface area (TPSA) is 153 Å². The molecule has 1 fully saturated rings. The number of ether oxygens (including phenoxy) is 1. The summed E-state index contributed by atoms with van der Waals surface area (Å²) in [5.74, 6) is 0.990. The summed E-state index contributed by atoms with van der Waals surface area (Å²) in [5.41, 5.74) is 6.46. The average Bonchev–Trinajstić information content (AvgIpc) is 3.40. The Morgan fingerprint density at radius 1 is 1.10 bits per heavy atom. The number of hydrogen-bond acceptors (Lipinski definition) is 9. The molecule has 10 heteroatoms. The summed E-state index contributed by atoms with van der Waals surface area (Å²) in [6, 6.07) is 0.